The number of fused-ring (bicyclic) bond motifs is 1. The first kappa shape index (κ1) is 36.5. The van der Waals surface area contributed by atoms with Gasteiger partial charge in [0.25, 0.3) is 0 Å². The van der Waals surface area contributed by atoms with Crippen molar-refractivity contribution in [1.29, 1.82) is 0 Å². The minimum atomic E-state index is -0.378. The molecule has 0 amide bonds. The predicted molar refractivity (Wildman–Crippen MR) is 193 cm³/mol. The van der Waals surface area contributed by atoms with E-state index in [-0.39, 0.29) is 34.7 Å². The monoisotopic (exact) mass is 610 g/mol. The van der Waals surface area contributed by atoms with E-state index in [4.69, 9.17) is 4.74 Å². The molecule has 0 bridgehead atoms. The summed E-state index contributed by atoms with van der Waals surface area (Å²) in [6, 6.07) is 0. The molecule has 45 heavy (non-hydrogen) atoms. The molecule has 3 heteroatoms. The molecule has 0 aromatic heterocycles. The van der Waals surface area contributed by atoms with Crippen molar-refractivity contribution in [2.75, 3.05) is 0 Å². The van der Waals surface area contributed by atoms with Crippen molar-refractivity contribution in [2.24, 2.45) is 10.8 Å². The Labute approximate surface area is 274 Å². The highest BCUT2D eigenvalue weighted by atomic mass is 16.5. The molecule has 3 aliphatic rings. The van der Waals surface area contributed by atoms with Crippen molar-refractivity contribution in [1.82, 2.24) is 0 Å². The summed E-state index contributed by atoms with van der Waals surface area (Å²) in [5, 5.41) is 20.5. The number of ether oxygens (including phenoxy) is 1. The van der Waals surface area contributed by atoms with Gasteiger partial charge in [-0.2, -0.15) is 0 Å². The van der Waals surface area contributed by atoms with Gasteiger partial charge in [-0.1, -0.05) is 141 Å². The predicted octanol–water partition coefficient (Wildman–Crippen LogP) is 10.3. The van der Waals surface area contributed by atoms with Crippen molar-refractivity contribution < 1.29 is 14.9 Å². The van der Waals surface area contributed by atoms with Gasteiger partial charge in [-0.25, -0.2) is 0 Å². The molecule has 1 saturated carbocycles. The molecule has 3 nitrogen and oxygen atoms in total. The van der Waals surface area contributed by atoms with Gasteiger partial charge in [0.15, 0.2) is 0 Å². The third-order valence-electron chi connectivity index (χ3n) is 9.20. The van der Waals surface area contributed by atoms with Crippen LogP contribution in [0, 0.1) is 10.8 Å². The van der Waals surface area contributed by atoms with Crippen LogP contribution in [0.2, 0.25) is 0 Å². The molecule has 1 fully saturated rings. The molecule has 1 aliphatic heterocycles. The maximum atomic E-state index is 10.3. The summed E-state index contributed by atoms with van der Waals surface area (Å²) in [6.45, 7) is 21.5. The smallest absolute Gasteiger partial charge is 0.0956 e. The average Bonchev–Trinajstić information content (AvgIpc) is 3.25. The molecule has 4 unspecified atom stereocenters. The van der Waals surface area contributed by atoms with Crippen LogP contribution in [0.5, 0.6) is 0 Å². The third-order valence-corrected chi connectivity index (χ3v) is 9.20. The Bertz CT molecular complexity index is 1410. The molecule has 0 spiro atoms. The van der Waals surface area contributed by atoms with Gasteiger partial charge in [0.2, 0.25) is 0 Å². The summed E-state index contributed by atoms with van der Waals surface area (Å²) in [6.07, 6.45) is 34.3. The molecule has 1 heterocycles. The molecule has 0 aromatic rings. The lowest BCUT2D eigenvalue weighted by atomic mass is 9.65. The molecule has 3 rings (SSSR count). The summed E-state index contributed by atoms with van der Waals surface area (Å²) in [5.41, 5.74) is 8.24. The van der Waals surface area contributed by atoms with E-state index in [2.05, 4.69) is 160 Å². The Morgan fingerprint density at radius 2 is 1.20 bits per heavy atom. The third kappa shape index (κ3) is 10.8. The average molecular weight is 611 g/mol. The summed E-state index contributed by atoms with van der Waals surface area (Å²) < 4.78 is 6.37. The first-order chi connectivity index (χ1) is 21.0. The molecular formula is C42H58O3. The van der Waals surface area contributed by atoms with Gasteiger partial charge in [0.05, 0.1) is 23.9 Å². The van der Waals surface area contributed by atoms with Crippen molar-refractivity contribution in [3.63, 3.8) is 0 Å². The van der Waals surface area contributed by atoms with E-state index in [1.54, 1.807) is 0 Å². The van der Waals surface area contributed by atoms with Crippen LogP contribution < -0.4 is 0 Å². The number of rotatable bonds is 10. The zero-order valence-electron chi connectivity index (χ0n) is 29.5. The number of hydrogen-bond donors (Lipinski definition) is 2. The van der Waals surface area contributed by atoms with Crippen molar-refractivity contribution in [3.05, 3.63) is 130 Å². The molecule has 0 saturated heterocycles. The molecular weight excluding hydrogens is 552 g/mol. The molecule has 0 radical (unpaired) electrons. The first-order valence-electron chi connectivity index (χ1n) is 16.6. The fraction of sp³-hybridized carbons (Fsp3) is 0.476. The highest BCUT2D eigenvalue weighted by Gasteiger charge is 2.49. The minimum absolute atomic E-state index is 0.00134. The van der Waals surface area contributed by atoms with E-state index in [9.17, 15) is 10.2 Å². The molecule has 4 atom stereocenters. The lowest BCUT2D eigenvalue weighted by Gasteiger charge is -2.44. The fourth-order valence-corrected chi connectivity index (χ4v) is 7.14. The van der Waals surface area contributed by atoms with Crippen molar-refractivity contribution in [3.8, 4) is 0 Å². The Balaban J connectivity index is 1.49. The van der Waals surface area contributed by atoms with Crippen molar-refractivity contribution >= 4 is 0 Å². The van der Waals surface area contributed by atoms with E-state index >= 15 is 0 Å². The zero-order chi connectivity index (χ0) is 33.4. The summed E-state index contributed by atoms with van der Waals surface area (Å²) in [4.78, 5) is 0. The van der Waals surface area contributed by atoms with Crippen LogP contribution in [-0.4, -0.2) is 34.1 Å². The van der Waals surface area contributed by atoms with Crippen LogP contribution >= 0.6 is 0 Å². The van der Waals surface area contributed by atoms with Crippen LogP contribution in [0.4, 0.5) is 0 Å². The van der Waals surface area contributed by atoms with Gasteiger partial charge >= 0.3 is 0 Å². The van der Waals surface area contributed by atoms with E-state index < -0.39 is 0 Å². The largest absolute Gasteiger partial charge is 0.393 e. The second-order valence-corrected chi connectivity index (χ2v) is 14.9. The standard InChI is InChI=1S/C42H58O3/c1-30(17-13-19-32(3)21-23-37-26-39-41(8,9)28-36(44)29-42(39,10)45-37)15-11-12-16-31(2)18-14-20-33(4)22-24-38-34(5)25-35(43)27-40(38,6)7/h11-24,26,35-37,43-44H,25,27-29H2,1-10H3. The highest BCUT2D eigenvalue weighted by molar-refractivity contribution is 5.39. The second-order valence-electron chi connectivity index (χ2n) is 14.9. The van der Waals surface area contributed by atoms with E-state index in [0.717, 1.165) is 24.8 Å². The number of allylic oxidation sites excluding steroid dienone is 18. The molecule has 0 aromatic carbocycles. The fourth-order valence-electron chi connectivity index (χ4n) is 7.14. The van der Waals surface area contributed by atoms with Gasteiger partial charge in [-0.3, -0.25) is 0 Å². The number of aliphatic hydroxyl groups excluding tert-OH is 2. The Morgan fingerprint density at radius 3 is 1.78 bits per heavy atom. The maximum Gasteiger partial charge on any atom is 0.0956 e. The van der Waals surface area contributed by atoms with Crippen LogP contribution in [0.15, 0.2) is 130 Å². The number of hydrogen-bond acceptors (Lipinski definition) is 3. The topological polar surface area (TPSA) is 49.7 Å². The zero-order valence-corrected chi connectivity index (χ0v) is 29.5. The first-order valence-corrected chi connectivity index (χ1v) is 16.6. The van der Waals surface area contributed by atoms with E-state index in [1.165, 1.54) is 33.4 Å². The molecule has 2 aliphatic carbocycles. The lowest BCUT2D eigenvalue weighted by molar-refractivity contribution is -0.0659. The minimum Gasteiger partial charge on any atom is -0.393 e. The maximum absolute atomic E-state index is 10.3. The van der Waals surface area contributed by atoms with Gasteiger partial charge < -0.3 is 14.9 Å². The Morgan fingerprint density at radius 1 is 0.689 bits per heavy atom. The van der Waals surface area contributed by atoms with Gasteiger partial charge in [-0.05, 0) is 88.9 Å². The second kappa shape index (κ2) is 15.5. The van der Waals surface area contributed by atoms with E-state index in [1.807, 2.05) is 0 Å². The summed E-state index contributed by atoms with van der Waals surface area (Å²) in [5.74, 6) is 0. The highest BCUT2D eigenvalue weighted by Crippen LogP contribution is 2.51. The SMILES string of the molecule is CC(C=CC=C(C)C=CC1=C(C)CC(O)CC1(C)C)=CC=CC=C(C)C=CC=C(C)C=CC1C=C2C(C)(C)CC(O)CC2(C)O1. The Kier molecular flexibility index (Phi) is 12.6. The quantitative estimate of drug-likeness (QED) is 0.191. The molecule has 2 N–H and O–H groups in total. The molecule has 244 valence electrons. The summed E-state index contributed by atoms with van der Waals surface area (Å²) >= 11 is 0. The normalized spacial score (nSPS) is 30.1. The van der Waals surface area contributed by atoms with Gasteiger partial charge in [0, 0.05) is 6.42 Å². The Hall–Kier alpha value is -2.98. The van der Waals surface area contributed by atoms with Crippen LogP contribution in [0.25, 0.3) is 0 Å². The lowest BCUT2D eigenvalue weighted by Crippen LogP contribution is -2.45. The van der Waals surface area contributed by atoms with Crippen LogP contribution in [0.1, 0.15) is 94.9 Å². The van der Waals surface area contributed by atoms with Gasteiger partial charge in [0.1, 0.15) is 0 Å². The van der Waals surface area contributed by atoms with Crippen molar-refractivity contribution in [2.45, 2.75) is 119 Å². The van der Waals surface area contributed by atoms with Crippen LogP contribution in [-0.2, 0) is 4.74 Å². The number of aliphatic hydroxyl groups is 2. The van der Waals surface area contributed by atoms with Gasteiger partial charge in [-0.15, -0.1) is 0 Å². The summed E-state index contributed by atoms with van der Waals surface area (Å²) in [7, 11) is 0. The van der Waals surface area contributed by atoms with E-state index in [0.29, 0.717) is 6.42 Å². The van der Waals surface area contributed by atoms with Crippen LogP contribution in [0.3, 0.4) is 0 Å².